The first-order valence-electron chi connectivity index (χ1n) is 7.43. The smallest absolute Gasteiger partial charge is 0.339 e. The summed E-state index contributed by atoms with van der Waals surface area (Å²) < 4.78 is 16.0. The Morgan fingerprint density at radius 3 is 2.62 bits per heavy atom. The molecule has 0 aliphatic carbocycles. The second-order valence-corrected chi connectivity index (χ2v) is 5.69. The average Bonchev–Trinajstić information content (AvgIpc) is 2.55. The highest BCUT2D eigenvalue weighted by molar-refractivity contribution is 5.86. The molecule has 1 saturated heterocycles. The van der Waals surface area contributed by atoms with Gasteiger partial charge in [-0.2, -0.15) is 0 Å². The molecule has 1 aromatic heterocycles. The lowest BCUT2D eigenvalue weighted by Crippen LogP contribution is -2.60. The summed E-state index contributed by atoms with van der Waals surface area (Å²) in [6.45, 7) is 1.23. The van der Waals surface area contributed by atoms with Gasteiger partial charge in [-0.15, -0.1) is 0 Å². The van der Waals surface area contributed by atoms with Gasteiger partial charge in [-0.1, -0.05) is 12.1 Å². The highest BCUT2D eigenvalue weighted by Crippen LogP contribution is 2.30. The van der Waals surface area contributed by atoms with E-state index in [2.05, 4.69) is 0 Å². The summed E-state index contributed by atoms with van der Waals surface area (Å²) in [5.74, 6) is 0.115. The van der Waals surface area contributed by atoms with E-state index in [1.165, 1.54) is 0 Å². The van der Waals surface area contributed by atoms with Gasteiger partial charge in [0.15, 0.2) is 0 Å². The van der Waals surface area contributed by atoms with Gasteiger partial charge in [-0.25, -0.2) is 4.79 Å². The largest absolute Gasteiger partial charge is 0.461 e. The normalized spacial score (nSPS) is 30.5. The lowest BCUT2D eigenvalue weighted by Gasteiger charge is -2.39. The molecule has 0 saturated carbocycles. The minimum absolute atomic E-state index is 0.115. The van der Waals surface area contributed by atoms with Crippen molar-refractivity contribution in [2.24, 2.45) is 0 Å². The first kappa shape index (κ1) is 16.9. The summed E-state index contributed by atoms with van der Waals surface area (Å²) in [4.78, 5) is 11.7. The minimum Gasteiger partial charge on any atom is -0.461 e. The second-order valence-electron chi connectivity index (χ2n) is 5.69. The third-order valence-electron chi connectivity index (χ3n) is 4.03. The Bertz CT molecular complexity index is 783. The van der Waals surface area contributed by atoms with E-state index in [9.17, 15) is 25.2 Å². The van der Waals surface area contributed by atoms with Crippen LogP contribution in [0.3, 0.4) is 0 Å². The molecule has 2 aromatic rings. The fourth-order valence-electron chi connectivity index (χ4n) is 2.74. The van der Waals surface area contributed by atoms with E-state index in [0.29, 0.717) is 11.0 Å². The summed E-state index contributed by atoms with van der Waals surface area (Å²) in [6, 6.07) is 6.22. The standard InChI is InChI=1S/C16H18O8/c1-7-3-2-4-8-12(7)9(5-11(18)22-8)23-16-15(21)14(20)13(19)10(6-17)24-16/h2-5,10,13-17,19-21H,6H2,1H3/t10-,13-,14+,15-,16-/m1/s1. The Balaban J connectivity index is 1.99. The zero-order valence-electron chi connectivity index (χ0n) is 12.8. The number of aryl methyl sites for hydroxylation is 1. The van der Waals surface area contributed by atoms with Crippen LogP contribution in [0.15, 0.2) is 33.5 Å². The third-order valence-corrected chi connectivity index (χ3v) is 4.03. The summed E-state index contributed by atoms with van der Waals surface area (Å²) in [5.41, 5.74) is 0.436. The molecule has 1 aromatic carbocycles. The fraction of sp³-hybridized carbons (Fsp3) is 0.438. The zero-order chi connectivity index (χ0) is 17.4. The molecule has 0 amide bonds. The number of aliphatic hydroxyl groups is 4. The molecular weight excluding hydrogens is 320 g/mol. The predicted octanol–water partition coefficient (Wildman–Crippen LogP) is -0.720. The van der Waals surface area contributed by atoms with E-state index in [1.54, 1.807) is 25.1 Å². The number of hydrogen-bond acceptors (Lipinski definition) is 8. The Kier molecular flexibility index (Phi) is 4.57. The van der Waals surface area contributed by atoms with Crippen molar-refractivity contribution in [2.45, 2.75) is 37.6 Å². The van der Waals surface area contributed by atoms with Gasteiger partial charge in [-0.3, -0.25) is 0 Å². The molecular formula is C16H18O8. The molecule has 1 aliphatic rings. The molecule has 130 valence electrons. The number of benzene rings is 1. The first-order valence-corrected chi connectivity index (χ1v) is 7.43. The quantitative estimate of drug-likeness (QED) is 0.540. The summed E-state index contributed by atoms with van der Waals surface area (Å²) in [6.07, 6.45) is -7.07. The number of fused-ring (bicyclic) bond motifs is 1. The van der Waals surface area contributed by atoms with E-state index >= 15 is 0 Å². The van der Waals surface area contributed by atoms with Crippen molar-refractivity contribution in [3.8, 4) is 5.75 Å². The summed E-state index contributed by atoms with van der Waals surface area (Å²) in [7, 11) is 0. The monoisotopic (exact) mass is 338 g/mol. The molecule has 0 unspecified atom stereocenters. The molecule has 1 aliphatic heterocycles. The fourth-order valence-corrected chi connectivity index (χ4v) is 2.74. The molecule has 2 heterocycles. The van der Waals surface area contributed by atoms with Crippen molar-refractivity contribution in [3.05, 3.63) is 40.2 Å². The Labute approximate surface area is 136 Å². The van der Waals surface area contributed by atoms with Crippen molar-refractivity contribution in [1.82, 2.24) is 0 Å². The molecule has 5 atom stereocenters. The van der Waals surface area contributed by atoms with Crippen molar-refractivity contribution >= 4 is 11.0 Å². The Morgan fingerprint density at radius 2 is 1.92 bits per heavy atom. The highest BCUT2D eigenvalue weighted by Gasteiger charge is 2.44. The Morgan fingerprint density at radius 1 is 1.17 bits per heavy atom. The van der Waals surface area contributed by atoms with Crippen molar-refractivity contribution in [3.63, 3.8) is 0 Å². The van der Waals surface area contributed by atoms with Gasteiger partial charge in [-0.05, 0) is 18.6 Å². The molecule has 8 nitrogen and oxygen atoms in total. The molecule has 24 heavy (non-hydrogen) atoms. The van der Waals surface area contributed by atoms with Gasteiger partial charge in [0.05, 0.1) is 18.1 Å². The summed E-state index contributed by atoms with van der Waals surface area (Å²) in [5, 5.41) is 39.4. The molecule has 0 spiro atoms. The van der Waals surface area contributed by atoms with Crippen LogP contribution >= 0.6 is 0 Å². The minimum atomic E-state index is -1.56. The molecule has 0 bridgehead atoms. The van der Waals surface area contributed by atoms with Crippen LogP contribution in [0.4, 0.5) is 0 Å². The molecule has 3 rings (SSSR count). The number of aliphatic hydroxyl groups excluding tert-OH is 4. The van der Waals surface area contributed by atoms with Gasteiger partial charge in [0.2, 0.25) is 6.29 Å². The number of hydrogen-bond donors (Lipinski definition) is 4. The number of ether oxygens (including phenoxy) is 2. The summed E-state index contributed by atoms with van der Waals surface area (Å²) >= 11 is 0. The molecule has 0 radical (unpaired) electrons. The lowest BCUT2D eigenvalue weighted by atomic mass is 9.99. The first-order chi connectivity index (χ1) is 11.4. The SMILES string of the molecule is Cc1cccc2oc(=O)cc(O[C@@H]3O[C@H](CO)[C@@H](O)[C@H](O)[C@H]3O)c12. The maximum absolute atomic E-state index is 11.7. The van der Waals surface area contributed by atoms with Crippen molar-refractivity contribution in [1.29, 1.82) is 0 Å². The van der Waals surface area contributed by atoms with E-state index in [1.807, 2.05) is 0 Å². The van der Waals surface area contributed by atoms with Gasteiger partial charge in [0.1, 0.15) is 35.7 Å². The molecule has 4 N–H and O–H groups in total. The lowest BCUT2D eigenvalue weighted by molar-refractivity contribution is -0.277. The third kappa shape index (κ3) is 2.90. The zero-order valence-corrected chi connectivity index (χ0v) is 12.8. The van der Waals surface area contributed by atoms with E-state index in [4.69, 9.17) is 13.9 Å². The van der Waals surface area contributed by atoms with Gasteiger partial charge >= 0.3 is 5.63 Å². The van der Waals surface area contributed by atoms with Crippen molar-refractivity contribution < 1.29 is 34.3 Å². The van der Waals surface area contributed by atoms with Crippen LogP contribution in [-0.2, 0) is 4.74 Å². The topological polar surface area (TPSA) is 130 Å². The highest BCUT2D eigenvalue weighted by atomic mass is 16.7. The van der Waals surface area contributed by atoms with E-state index in [0.717, 1.165) is 11.6 Å². The van der Waals surface area contributed by atoms with Crippen LogP contribution < -0.4 is 10.4 Å². The Hall–Kier alpha value is -1.97. The maximum atomic E-state index is 11.7. The van der Waals surface area contributed by atoms with Crippen LogP contribution in [0.5, 0.6) is 5.75 Å². The van der Waals surface area contributed by atoms with Crippen LogP contribution in [0.25, 0.3) is 11.0 Å². The average molecular weight is 338 g/mol. The molecule has 1 fully saturated rings. The van der Waals surface area contributed by atoms with Crippen molar-refractivity contribution in [2.75, 3.05) is 6.61 Å². The van der Waals surface area contributed by atoms with Gasteiger partial charge < -0.3 is 34.3 Å². The second kappa shape index (κ2) is 6.50. The van der Waals surface area contributed by atoms with E-state index < -0.39 is 42.9 Å². The van der Waals surface area contributed by atoms with Gasteiger partial charge in [0.25, 0.3) is 0 Å². The molecule has 8 heteroatoms. The van der Waals surface area contributed by atoms with Crippen LogP contribution in [0, 0.1) is 6.92 Å². The maximum Gasteiger partial charge on any atom is 0.339 e. The number of rotatable bonds is 3. The van der Waals surface area contributed by atoms with Crippen LogP contribution in [0.1, 0.15) is 5.56 Å². The van der Waals surface area contributed by atoms with Gasteiger partial charge in [0, 0.05) is 0 Å². The van der Waals surface area contributed by atoms with E-state index in [-0.39, 0.29) is 5.75 Å². The van der Waals surface area contributed by atoms with Crippen LogP contribution in [-0.4, -0.2) is 57.7 Å². The van der Waals surface area contributed by atoms with Crippen LogP contribution in [0.2, 0.25) is 0 Å². The predicted molar refractivity (Wildman–Crippen MR) is 81.6 cm³/mol.